The number of carbonyl (C=O) groups excluding carboxylic acids is 2. The van der Waals surface area contributed by atoms with Crippen molar-refractivity contribution >= 4 is 23.6 Å². The fourth-order valence-corrected chi connectivity index (χ4v) is 3.23. The van der Waals surface area contributed by atoms with Crippen LogP contribution in [0.3, 0.4) is 0 Å². The molecule has 6 nitrogen and oxygen atoms in total. The van der Waals surface area contributed by atoms with E-state index < -0.39 is 0 Å². The van der Waals surface area contributed by atoms with Crippen molar-refractivity contribution in [1.82, 2.24) is 10.2 Å². The first-order chi connectivity index (χ1) is 10.2. The number of nitrogens with zero attached hydrogens (tertiary/aromatic N) is 1. The standard InChI is InChI=1S/C14H27N3O3S/c1-2-20-9-7-16-6-4-10-21-12-11-13(18)17(14(12)19)8-3-5-15/h12,16H,2-11,15H2,1H3. The summed E-state index contributed by atoms with van der Waals surface area (Å²) in [6.07, 6.45) is 2.00. The van der Waals surface area contributed by atoms with Crippen LogP contribution in [0, 0.1) is 0 Å². The minimum Gasteiger partial charge on any atom is -0.380 e. The zero-order valence-electron chi connectivity index (χ0n) is 12.8. The second kappa shape index (κ2) is 11.0. The third-order valence-corrected chi connectivity index (χ3v) is 4.53. The highest BCUT2D eigenvalue weighted by atomic mass is 32.2. The molecular weight excluding hydrogens is 290 g/mol. The molecule has 0 aromatic rings. The number of hydrogen-bond acceptors (Lipinski definition) is 6. The SMILES string of the molecule is CCOCCNCCCSC1CC(=O)N(CCCN)C1=O. The van der Waals surface area contributed by atoms with Gasteiger partial charge < -0.3 is 15.8 Å². The number of imide groups is 1. The largest absolute Gasteiger partial charge is 0.380 e. The minimum atomic E-state index is -0.196. The van der Waals surface area contributed by atoms with Gasteiger partial charge in [-0.15, -0.1) is 11.8 Å². The van der Waals surface area contributed by atoms with Crippen molar-refractivity contribution in [3.05, 3.63) is 0 Å². The van der Waals surface area contributed by atoms with Crippen LogP contribution in [0.5, 0.6) is 0 Å². The van der Waals surface area contributed by atoms with E-state index in [0.717, 1.165) is 38.5 Å². The molecule has 1 heterocycles. The molecular formula is C14H27N3O3S. The van der Waals surface area contributed by atoms with Crippen molar-refractivity contribution in [1.29, 1.82) is 0 Å². The van der Waals surface area contributed by atoms with Gasteiger partial charge in [0, 0.05) is 26.1 Å². The summed E-state index contributed by atoms with van der Waals surface area (Å²) in [6.45, 7) is 6.18. The lowest BCUT2D eigenvalue weighted by molar-refractivity contribution is -0.138. The van der Waals surface area contributed by atoms with Crippen LogP contribution in [0.1, 0.15) is 26.2 Å². The van der Waals surface area contributed by atoms with Crippen LogP contribution in [0.2, 0.25) is 0 Å². The van der Waals surface area contributed by atoms with Gasteiger partial charge in [-0.05, 0) is 38.6 Å². The first kappa shape index (κ1) is 18.4. The normalized spacial score (nSPS) is 18.8. The van der Waals surface area contributed by atoms with Crippen molar-refractivity contribution in [3.8, 4) is 0 Å². The summed E-state index contributed by atoms with van der Waals surface area (Å²) in [5.41, 5.74) is 5.42. The molecule has 122 valence electrons. The monoisotopic (exact) mass is 317 g/mol. The number of hydrogen-bond donors (Lipinski definition) is 2. The molecule has 0 spiro atoms. The lowest BCUT2D eigenvalue weighted by Crippen LogP contribution is -2.33. The van der Waals surface area contributed by atoms with Crippen molar-refractivity contribution in [3.63, 3.8) is 0 Å². The topological polar surface area (TPSA) is 84.7 Å². The third-order valence-electron chi connectivity index (χ3n) is 3.23. The van der Waals surface area contributed by atoms with E-state index in [2.05, 4.69) is 5.32 Å². The zero-order valence-corrected chi connectivity index (χ0v) is 13.6. The Morgan fingerprint density at radius 1 is 1.38 bits per heavy atom. The molecule has 1 rings (SSSR count). The molecule has 1 atom stereocenters. The van der Waals surface area contributed by atoms with Crippen LogP contribution in [0.15, 0.2) is 0 Å². The molecule has 0 aromatic heterocycles. The smallest absolute Gasteiger partial charge is 0.242 e. The summed E-state index contributed by atoms with van der Waals surface area (Å²) < 4.78 is 5.23. The summed E-state index contributed by atoms with van der Waals surface area (Å²) in [6, 6.07) is 0. The lowest BCUT2D eigenvalue weighted by atomic mass is 10.4. The predicted molar refractivity (Wildman–Crippen MR) is 85.2 cm³/mol. The van der Waals surface area contributed by atoms with E-state index in [0.29, 0.717) is 25.9 Å². The Bertz CT molecular complexity index is 329. The molecule has 1 unspecified atom stereocenters. The fraction of sp³-hybridized carbons (Fsp3) is 0.857. The molecule has 2 amide bonds. The molecule has 1 saturated heterocycles. The van der Waals surface area contributed by atoms with Crippen LogP contribution in [0.25, 0.3) is 0 Å². The van der Waals surface area contributed by atoms with Crippen molar-refractivity contribution in [2.45, 2.75) is 31.4 Å². The summed E-state index contributed by atoms with van der Waals surface area (Å²) in [5, 5.41) is 3.09. The highest BCUT2D eigenvalue weighted by Crippen LogP contribution is 2.25. The Morgan fingerprint density at radius 2 is 2.19 bits per heavy atom. The predicted octanol–water partition coefficient (Wildman–Crippen LogP) is 0.212. The van der Waals surface area contributed by atoms with Gasteiger partial charge in [-0.25, -0.2) is 0 Å². The van der Waals surface area contributed by atoms with Gasteiger partial charge in [-0.3, -0.25) is 14.5 Å². The lowest BCUT2D eigenvalue weighted by Gasteiger charge is -2.14. The molecule has 0 aromatic carbocycles. The van der Waals surface area contributed by atoms with Gasteiger partial charge in [-0.2, -0.15) is 0 Å². The number of thioether (sulfide) groups is 1. The fourth-order valence-electron chi connectivity index (χ4n) is 2.10. The first-order valence-electron chi connectivity index (χ1n) is 7.65. The van der Waals surface area contributed by atoms with Crippen LogP contribution >= 0.6 is 11.8 Å². The highest BCUT2D eigenvalue weighted by molar-refractivity contribution is 8.00. The van der Waals surface area contributed by atoms with E-state index in [-0.39, 0.29) is 17.1 Å². The quantitative estimate of drug-likeness (QED) is 0.395. The molecule has 0 saturated carbocycles. The third kappa shape index (κ3) is 6.78. The van der Waals surface area contributed by atoms with Gasteiger partial charge in [0.05, 0.1) is 11.9 Å². The molecule has 0 radical (unpaired) electrons. The van der Waals surface area contributed by atoms with Crippen molar-refractivity contribution < 1.29 is 14.3 Å². The number of likely N-dealkylation sites (tertiary alicyclic amines) is 1. The highest BCUT2D eigenvalue weighted by Gasteiger charge is 2.37. The summed E-state index contributed by atoms with van der Waals surface area (Å²) in [5.74, 6) is 0.791. The molecule has 3 N–H and O–H groups in total. The van der Waals surface area contributed by atoms with Crippen LogP contribution in [-0.4, -0.2) is 67.1 Å². The van der Waals surface area contributed by atoms with Gasteiger partial charge in [0.25, 0.3) is 0 Å². The average molecular weight is 317 g/mol. The number of nitrogens with one attached hydrogen (secondary N) is 1. The Morgan fingerprint density at radius 3 is 2.90 bits per heavy atom. The van der Waals surface area contributed by atoms with Crippen molar-refractivity contribution in [2.24, 2.45) is 5.73 Å². The van der Waals surface area contributed by atoms with E-state index >= 15 is 0 Å². The molecule has 1 fully saturated rings. The minimum absolute atomic E-state index is 0.0391. The molecule has 1 aliphatic rings. The Kier molecular flexibility index (Phi) is 9.65. The Hall–Kier alpha value is -0.630. The van der Waals surface area contributed by atoms with Gasteiger partial charge in [0.1, 0.15) is 0 Å². The summed E-state index contributed by atoms with van der Waals surface area (Å²) in [4.78, 5) is 25.2. The van der Waals surface area contributed by atoms with E-state index in [9.17, 15) is 9.59 Å². The average Bonchev–Trinajstić information content (AvgIpc) is 2.74. The number of amides is 2. The molecule has 1 aliphatic heterocycles. The zero-order chi connectivity index (χ0) is 15.5. The van der Waals surface area contributed by atoms with E-state index in [1.54, 1.807) is 11.8 Å². The molecule has 0 bridgehead atoms. The Balaban J connectivity index is 2.10. The van der Waals surface area contributed by atoms with Crippen LogP contribution in [-0.2, 0) is 14.3 Å². The maximum Gasteiger partial charge on any atom is 0.242 e. The van der Waals surface area contributed by atoms with E-state index in [4.69, 9.17) is 10.5 Å². The van der Waals surface area contributed by atoms with Gasteiger partial charge in [0.2, 0.25) is 11.8 Å². The molecule has 0 aliphatic carbocycles. The van der Waals surface area contributed by atoms with Gasteiger partial charge >= 0.3 is 0 Å². The number of nitrogens with two attached hydrogens (primary N) is 1. The summed E-state index contributed by atoms with van der Waals surface area (Å²) >= 11 is 1.59. The first-order valence-corrected chi connectivity index (χ1v) is 8.70. The number of carbonyl (C=O) groups is 2. The maximum atomic E-state index is 12.1. The van der Waals surface area contributed by atoms with Crippen molar-refractivity contribution in [2.75, 3.05) is 45.1 Å². The van der Waals surface area contributed by atoms with Crippen LogP contribution in [0.4, 0.5) is 0 Å². The molecule has 21 heavy (non-hydrogen) atoms. The Labute approximate surface area is 131 Å². The number of ether oxygens (including phenoxy) is 1. The van der Waals surface area contributed by atoms with E-state index in [1.165, 1.54) is 4.90 Å². The second-order valence-corrected chi connectivity index (χ2v) is 6.20. The van der Waals surface area contributed by atoms with Crippen LogP contribution < -0.4 is 11.1 Å². The summed E-state index contributed by atoms with van der Waals surface area (Å²) in [7, 11) is 0. The maximum absolute atomic E-state index is 12.1. The second-order valence-electron chi connectivity index (χ2n) is 4.89. The van der Waals surface area contributed by atoms with E-state index in [1.807, 2.05) is 6.92 Å². The molecule has 7 heteroatoms. The number of rotatable bonds is 12. The van der Waals surface area contributed by atoms with Gasteiger partial charge in [-0.1, -0.05) is 0 Å². The van der Waals surface area contributed by atoms with Gasteiger partial charge in [0.15, 0.2) is 0 Å².